The first-order chi connectivity index (χ1) is 11.4. The SMILES string of the molecule is C[C-]=C1CCCCCCCC1=[C-]C.[CH]1[CH][CH][CH][CH]1.[CH]1[CH][CH][CH][CH]1.[Ti+2]. The second-order valence-corrected chi connectivity index (χ2v) is 5.65. The van der Waals surface area contributed by atoms with Crippen LogP contribution in [0.15, 0.2) is 11.1 Å². The van der Waals surface area contributed by atoms with Crippen molar-refractivity contribution in [3.8, 4) is 0 Å². The zero-order chi connectivity index (χ0) is 16.6. The Bertz CT molecular complexity index is 272. The fourth-order valence-corrected chi connectivity index (χ4v) is 2.63. The van der Waals surface area contributed by atoms with E-state index in [9.17, 15) is 0 Å². The number of hydrogen-bond acceptors (Lipinski definition) is 0. The van der Waals surface area contributed by atoms with E-state index in [-0.39, 0.29) is 21.7 Å². The van der Waals surface area contributed by atoms with Gasteiger partial charge >= 0.3 is 21.7 Å². The summed E-state index contributed by atoms with van der Waals surface area (Å²) in [6.45, 7) is 4.06. The molecule has 0 aromatic heterocycles. The molecule has 0 unspecified atom stereocenters. The summed E-state index contributed by atoms with van der Waals surface area (Å²) in [5.41, 5.74) is 2.84. The summed E-state index contributed by atoms with van der Waals surface area (Å²) >= 11 is 0. The molecule has 3 aliphatic carbocycles. The molecular weight excluding hydrogens is 324 g/mol. The molecular formula is C23H30Ti. The van der Waals surface area contributed by atoms with Gasteiger partial charge in [0.25, 0.3) is 0 Å². The molecule has 0 spiro atoms. The van der Waals surface area contributed by atoms with Crippen LogP contribution in [0.3, 0.4) is 0 Å². The molecule has 0 heterocycles. The third-order valence-electron chi connectivity index (χ3n) is 3.93. The standard InChI is InChI=1S/C13H20.2C5H5.Ti/c1-3-12-10-8-6-5-7-9-11-13(12)4-2;2*1-2-4-5-3-1;/h5-11H2,1-2H3;2*1-5H;/q-2;;;+2. The molecule has 3 fully saturated rings. The Hall–Kier alpha value is 0.194. The largest absolute Gasteiger partial charge is 2.00 e. The molecule has 0 atom stereocenters. The summed E-state index contributed by atoms with van der Waals surface area (Å²) in [6, 6.07) is 0. The second kappa shape index (κ2) is 18.0. The van der Waals surface area contributed by atoms with E-state index in [1.165, 1.54) is 56.1 Å². The molecule has 3 saturated carbocycles. The first-order valence-electron chi connectivity index (χ1n) is 8.79. The van der Waals surface area contributed by atoms with Gasteiger partial charge in [-0.05, 0) is 64.2 Å². The quantitative estimate of drug-likeness (QED) is 0.355. The number of allylic oxidation sites excluding steroid dienone is 4. The summed E-state index contributed by atoms with van der Waals surface area (Å²) in [7, 11) is 0. The van der Waals surface area contributed by atoms with E-state index >= 15 is 0 Å². The summed E-state index contributed by atoms with van der Waals surface area (Å²) in [5, 5.41) is 0. The maximum atomic E-state index is 3.32. The van der Waals surface area contributed by atoms with Crippen molar-refractivity contribution in [3.05, 3.63) is 87.5 Å². The molecule has 0 aromatic carbocycles. The molecule has 0 amide bonds. The summed E-state index contributed by atoms with van der Waals surface area (Å²) < 4.78 is 0. The van der Waals surface area contributed by atoms with E-state index in [2.05, 4.69) is 12.2 Å². The Morgan fingerprint density at radius 1 is 0.500 bits per heavy atom. The van der Waals surface area contributed by atoms with E-state index in [4.69, 9.17) is 0 Å². The van der Waals surface area contributed by atoms with Gasteiger partial charge in [0.15, 0.2) is 0 Å². The summed E-state index contributed by atoms with van der Waals surface area (Å²) in [5.74, 6) is 0. The number of rotatable bonds is 0. The monoisotopic (exact) mass is 354 g/mol. The first-order valence-corrected chi connectivity index (χ1v) is 8.79. The molecule has 0 N–H and O–H groups in total. The molecule has 24 heavy (non-hydrogen) atoms. The molecule has 0 aromatic rings. The van der Waals surface area contributed by atoms with Crippen molar-refractivity contribution in [3.63, 3.8) is 0 Å². The van der Waals surface area contributed by atoms with Crippen LogP contribution in [0.2, 0.25) is 0 Å². The van der Waals surface area contributed by atoms with Crippen LogP contribution in [0.5, 0.6) is 0 Å². The van der Waals surface area contributed by atoms with Crippen LogP contribution in [0.1, 0.15) is 58.8 Å². The molecule has 126 valence electrons. The van der Waals surface area contributed by atoms with Crippen molar-refractivity contribution in [2.45, 2.75) is 58.8 Å². The van der Waals surface area contributed by atoms with E-state index in [1.807, 2.05) is 78.1 Å². The summed E-state index contributed by atoms with van der Waals surface area (Å²) in [4.78, 5) is 0. The van der Waals surface area contributed by atoms with Crippen LogP contribution < -0.4 is 0 Å². The predicted octanol–water partition coefficient (Wildman–Crippen LogP) is 6.27. The molecule has 0 saturated heterocycles. The molecule has 3 rings (SSSR count). The average Bonchev–Trinajstić information content (AvgIpc) is 3.34. The Morgan fingerprint density at radius 3 is 1.00 bits per heavy atom. The minimum atomic E-state index is 0. The van der Waals surface area contributed by atoms with Gasteiger partial charge in [-0.3, -0.25) is 0 Å². The maximum absolute atomic E-state index is 3.32. The van der Waals surface area contributed by atoms with E-state index < -0.39 is 0 Å². The topological polar surface area (TPSA) is 0 Å². The average molecular weight is 354 g/mol. The van der Waals surface area contributed by atoms with E-state index in [1.54, 1.807) is 0 Å². The smallest absolute Gasteiger partial charge is 0.376 e. The minimum Gasteiger partial charge on any atom is -0.376 e. The van der Waals surface area contributed by atoms with Crippen molar-refractivity contribution in [1.29, 1.82) is 0 Å². The maximum Gasteiger partial charge on any atom is 2.00 e. The van der Waals surface area contributed by atoms with Crippen molar-refractivity contribution >= 4 is 0 Å². The van der Waals surface area contributed by atoms with Crippen LogP contribution in [0, 0.1) is 76.4 Å². The molecule has 10 radical (unpaired) electrons. The van der Waals surface area contributed by atoms with Crippen LogP contribution in [-0.4, -0.2) is 0 Å². The second-order valence-electron chi connectivity index (χ2n) is 5.65. The first kappa shape index (κ1) is 24.2. The van der Waals surface area contributed by atoms with Gasteiger partial charge in [0.2, 0.25) is 0 Å². The minimum absolute atomic E-state index is 0. The van der Waals surface area contributed by atoms with E-state index in [0.29, 0.717) is 0 Å². The Labute approximate surface area is 167 Å². The molecule has 0 nitrogen and oxygen atoms in total. The summed E-state index contributed by atoms with van der Waals surface area (Å²) in [6.07, 6.45) is 35.9. The van der Waals surface area contributed by atoms with Crippen molar-refractivity contribution in [2.75, 3.05) is 0 Å². The zero-order valence-corrected chi connectivity index (χ0v) is 16.8. The van der Waals surface area contributed by atoms with Gasteiger partial charge in [-0.2, -0.15) is 0 Å². The van der Waals surface area contributed by atoms with Crippen LogP contribution in [0.25, 0.3) is 0 Å². The normalized spacial score (nSPS) is 24.6. The number of hydrogen-bond donors (Lipinski definition) is 0. The van der Waals surface area contributed by atoms with Gasteiger partial charge in [-0.25, -0.2) is 0 Å². The van der Waals surface area contributed by atoms with Crippen LogP contribution in [-0.2, 0) is 21.7 Å². The Kier molecular flexibility index (Phi) is 18.1. The van der Waals surface area contributed by atoms with Gasteiger partial charge in [-0.1, -0.05) is 32.1 Å². The van der Waals surface area contributed by atoms with Gasteiger partial charge in [0.05, 0.1) is 0 Å². The molecule has 1 heteroatoms. The predicted molar refractivity (Wildman–Crippen MR) is 100 cm³/mol. The molecule has 3 aliphatic rings. The van der Waals surface area contributed by atoms with Crippen LogP contribution >= 0.6 is 0 Å². The van der Waals surface area contributed by atoms with Gasteiger partial charge in [-0.15, -0.1) is 26.7 Å². The van der Waals surface area contributed by atoms with E-state index in [0.717, 1.165) is 0 Å². The van der Waals surface area contributed by atoms with Crippen molar-refractivity contribution < 1.29 is 21.7 Å². The third-order valence-corrected chi connectivity index (χ3v) is 3.93. The fourth-order valence-electron chi connectivity index (χ4n) is 2.63. The van der Waals surface area contributed by atoms with Gasteiger partial charge < -0.3 is 23.3 Å². The zero-order valence-electron chi connectivity index (χ0n) is 15.2. The van der Waals surface area contributed by atoms with Crippen molar-refractivity contribution in [2.24, 2.45) is 0 Å². The molecule has 0 aliphatic heterocycles. The fraction of sp³-hybridized carbons (Fsp3) is 0.391. The van der Waals surface area contributed by atoms with Gasteiger partial charge in [0, 0.05) is 0 Å². The Morgan fingerprint density at radius 2 is 0.750 bits per heavy atom. The third kappa shape index (κ3) is 12.5. The molecule has 0 bridgehead atoms. The van der Waals surface area contributed by atoms with Crippen LogP contribution in [0.4, 0.5) is 0 Å². The van der Waals surface area contributed by atoms with Gasteiger partial charge in [0.1, 0.15) is 0 Å². The van der Waals surface area contributed by atoms with Crippen molar-refractivity contribution in [1.82, 2.24) is 0 Å². The Balaban J connectivity index is 0.000000393.